The lowest BCUT2D eigenvalue weighted by molar-refractivity contribution is -0.133. The summed E-state index contributed by atoms with van der Waals surface area (Å²) >= 11 is 0. The van der Waals surface area contributed by atoms with Crippen molar-refractivity contribution in [1.82, 2.24) is 9.88 Å². The van der Waals surface area contributed by atoms with Crippen molar-refractivity contribution in [2.24, 2.45) is 0 Å². The first-order chi connectivity index (χ1) is 12.8. The highest BCUT2D eigenvalue weighted by Crippen LogP contribution is 2.18. The van der Waals surface area contributed by atoms with Gasteiger partial charge in [-0.15, -0.1) is 0 Å². The summed E-state index contributed by atoms with van der Waals surface area (Å²) < 4.78 is 11.6. The molecule has 26 heavy (non-hydrogen) atoms. The summed E-state index contributed by atoms with van der Waals surface area (Å²) in [5.41, 5.74) is 1.16. The molecule has 5 nitrogen and oxygen atoms in total. The van der Waals surface area contributed by atoms with Crippen LogP contribution in [0.5, 0.6) is 5.75 Å². The molecule has 2 aromatic rings. The molecule has 1 aromatic carbocycles. The van der Waals surface area contributed by atoms with Gasteiger partial charge in [0.2, 0.25) is 5.91 Å². The maximum atomic E-state index is 12.3. The van der Waals surface area contributed by atoms with Gasteiger partial charge >= 0.3 is 0 Å². The number of rotatable bonds is 8. The highest BCUT2D eigenvalue weighted by atomic mass is 16.5. The molecule has 0 atom stereocenters. The largest absolute Gasteiger partial charge is 0.490 e. The van der Waals surface area contributed by atoms with Crippen LogP contribution < -0.4 is 4.74 Å². The van der Waals surface area contributed by atoms with Crippen LogP contribution >= 0.6 is 0 Å². The van der Waals surface area contributed by atoms with Gasteiger partial charge in [-0.25, -0.2) is 0 Å². The van der Waals surface area contributed by atoms with E-state index in [1.807, 2.05) is 47.4 Å². The molecule has 2 heterocycles. The van der Waals surface area contributed by atoms with Gasteiger partial charge in [-0.05, 0) is 24.1 Å². The van der Waals surface area contributed by atoms with E-state index in [2.05, 4.69) is 4.98 Å². The van der Waals surface area contributed by atoms with Gasteiger partial charge < -0.3 is 14.4 Å². The maximum Gasteiger partial charge on any atom is 0.222 e. The summed E-state index contributed by atoms with van der Waals surface area (Å²) in [5.74, 6) is 1.07. The Kier molecular flexibility index (Phi) is 7.02. The van der Waals surface area contributed by atoms with E-state index >= 15 is 0 Å². The van der Waals surface area contributed by atoms with E-state index in [4.69, 9.17) is 9.47 Å². The van der Waals surface area contributed by atoms with Crippen molar-refractivity contribution in [3.8, 4) is 5.75 Å². The minimum absolute atomic E-state index is 0.177. The first-order valence-electron chi connectivity index (χ1n) is 9.27. The number of hydrogen-bond donors (Lipinski definition) is 0. The number of pyridine rings is 1. The lowest BCUT2D eigenvalue weighted by atomic mass is 10.1. The Labute approximate surface area is 155 Å². The first kappa shape index (κ1) is 18.4. The molecule has 1 aliphatic rings. The Morgan fingerprint density at radius 3 is 2.54 bits per heavy atom. The normalized spacial score (nSPS) is 15.0. The third-order valence-electron chi connectivity index (χ3n) is 4.54. The number of carbonyl (C=O) groups is 1. The van der Waals surface area contributed by atoms with Crippen LogP contribution in [0.15, 0.2) is 54.9 Å². The van der Waals surface area contributed by atoms with Gasteiger partial charge in [-0.1, -0.05) is 30.3 Å². The monoisotopic (exact) mass is 354 g/mol. The fourth-order valence-corrected chi connectivity index (χ4v) is 3.08. The molecule has 0 spiro atoms. The van der Waals surface area contributed by atoms with Gasteiger partial charge in [0.15, 0.2) is 0 Å². The van der Waals surface area contributed by atoms with Crippen molar-refractivity contribution in [3.63, 3.8) is 0 Å². The van der Waals surface area contributed by atoms with E-state index in [0.717, 1.165) is 43.7 Å². The average molecular weight is 354 g/mol. The Morgan fingerprint density at radius 1 is 1.08 bits per heavy atom. The van der Waals surface area contributed by atoms with Crippen LogP contribution in [0.4, 0.5) is 0 Å². The summed E-state index contributed by atoms with van der Waals surface area (Å²) in [7, 11) is 0. The number of aromatic nitrogens is 1. The molecule has 0 aliphatic carbocycles. The van der Waals surface area contributed by atoms with Gasteiger partial charge in [-0.2, -0.15) is 0 Å². The van der Waals surface area contributed by atoms with Crippen LogP contribution in [0.2, 0.25) is 0 Å². The van der Waals surface area contributed by atoms with E-state index in [0.29, 0.717) is 19.6 Å². The van der Waals surface area contributed by atoms with Gasteiger partial charge in [0, 0.05) is 51.4 Å². The van der Waals surface area contributed by atoms with E-state index in [1.165, 1.54) is 0 Å². The number of benzene rings is 1. The maximum absolute atomic E-state index is 12.3. The van der Waals surface area contributed by atoms with Crippen molar-refractivity contribution in [2.75, 3.05) is 19.7 Å². The van der Waals surface area contributed by atoms with Crippen molar-refractivity contribution in [1.29, 1.82) is 0 Å². The molecule has 0 unspecified atom stereocenters. The Balaban J connectivity index is 1.29. The second kappa shape index (κ2) is 9.92. The van der Waals surface area contributed by atoms with Gasteiger partial charge in [-0.3, -0.25) is 9.78 Å². The third-order valence-corrected chi connectivity index (χ3v) is 4.54. The smallest absolute Gasteiger partial charge is 0.222 e. The molecule has 0 bridgehead atoms. The second-order valence-electron chi connectivity index (χ2n) is 6.52. The van der Waals surface area contributed by atoms with Crippen LogP contribution in [0.25, 0.3) is 0 Å². The number of ether oxygens (including phenoxy) is 2. The minimum Gasteiger partial charge on any atom is -0.490 e. The van der Waals surface area contributed by atoms with Crippen LogP contribution in [0.1, 0.15) is 31.2 Å². The standard InChI is InChI=1S/C21H26N2O3/c24-21(7-4-16-25-17-18-5-2-1-3-6-18)23-14-10-20(11-15-23)26-19-8-12-22-13-9-19/h1-3,5-6,8-9,12-13,20H,4,7,10-11,14-17H2. The number of piperidine rings is 1. The third kappa shape index (κ3) is 5.85. The fourth-order valence-electron chi connectivity index (χ4n) is 3.08. The number of nitrogens with zero attached hydrogens (tertiary/aromatic N) is 2. The predicted octanol–water partition coefficient (Wildman–Crippen LogP) is 3.45. The molecule has 0 saturated carbocycles. The first-order valence-corrected chi connectivity index (χ1v) is 9.27. The number of amides is 1. The SMILES string of the molecule is O=C(CCCOCc1ccccc1)N1CCC(Oc2ccncc2)CC1. The van der Waals surface area contributed by atoms with Gasteiger partial charge in [0.25, 0.3) is 0 Å². The summed E-state index contributed by atoms with van der Waals surface area (Å²) in [6.45, 7) is 2.74. The van der Waals surface area contributed by atoms with E-state index in [9.17, 15) is 4.79 Å². The summed E-state index contributed by atoms with van der Waals surface area (Å²) in [4.78, 5) is 18.3. The molecule has 0 radical (unpaired) electrons. The van der Waals surface area contributed by atoms with Crippen LogP contribution in [-0.2, 0) is 16.1 Å². The summed E-state index contributed by atoms with van der Waals surface area (Å²) in [6, 6.07) is 13.8. The predicted molar refractivity (Wildman–Crippen MR) is 99.8 cm³/mol. The number of likely N-dealkylation sites (tertiary alicyclic amines) is 1. The lowest BCUT2D eigenvalue weighted by Crippen LogP contribution is -2.41. The zero-order valence-corrected chi connectivity index (χ0v) is 15.0. The Bertz CT molecular complexity index is 655. The number of hydrogen-bond acceptors (Lipinski definition) is 4. The molecule has 3 rings (SSSR count). The molecule has 1 fully saturated rings. The van der Waals surface area contributed by atoms with Gasteiger partial charge in [0.05, 0.1) is 6.61 Å². The molecule has 1 aromatic heterocycles. The second-order valence-corrected chi connectivity index (χ2v) is 6.52. The zero-order chi connectivity index (χ0) is 18.0. The van der Waals surface area contributed by atoms with Gasteiger partial charge in [0.1, 0.15) is 11.9 Å². The molecule has 5 heteroatoms. The average Bonchev–Trinajstić information content (AvgIpc) is 2.70. The highest BCUT2D eigenvalue weighted by Gasteiger charge is 2.23. The quantitative estimate of drug-likeness (QED) is 0.682. The highest BCUT2D eigenvalue weighted by molar-refractivity contribution is 5.76. The van der Waals surface area contributed by atoms with Crippen LogP contribution in [-0.4, -0.2) is 41.6 Å². The summed E-state index contributed by atoms with van der Waals surface area (Å²) in [6.07, 6.45) is 6.69. The topological polar surface area (TPSA) is 51.7 Å². The van der Waals surface area contributed by atoms with E-state index in [1.54, 1.807) is 12.4 Å². The molecule has 1 saturated heterocycles. The van der Waals surface area contributed by atoms with Crippen LogP contribution in [0, 0.1) is 0 Å². The van der Waals surface area contributed by atoms with E-state index < -0.39 is 0 Å². The summed E-state index contributed by atoms with van der Waals surface area (Å²) in [5, 5.41) is 0. The van der Waals surface area contributed by atoms with E-state index in [-0.39, 0.29) is 12.0 Å². The van der Waals surface area contributed by atoms with Crippen molar-refractivity contribution >= 4 is 5.91 Å². The fraction of sp³-hybridized carbons (Fsp3) is 0.429. The Morgan fingerprint density at radius 2 is 1.81 bits per heavy atom. The molecule has 1 amide bonds. The minimum atomic E-state index is 0.177. The lowest BCUT2D eigenvalue weighted by Gasteiger charge is -2.32. The van der Waals surface area contributed by atoms with Crippen molar-refractivity contribution in [3.05, 3.63) is 60.4 Å². The zero-order valence-electron chi connectivity index (χ0n) is 15.0. The molecular weight excluding hydrogens is 328 g/mol. The van der Waals surface area contributed by atoms with Crippen molar-refractivity contribution < 1.29 is 14.3 Å². The van der Waals surface area contributed by atoms with Crippen molar-refractivity contribution in [2.45, 2.75) is 38.4 Å². The molecular formula is C21H26N2O3. The molecule has 0 N–H and O–H groups in total. The molecule has 1 aliphatic heterocycles. The van der Waals surface area contributed by atoms with Crippen LogP contribution in [0.3, 0.4) is 0 Å². The molecule has 138 valence electrons. The Hall–Kier alpha value is -2.40. The number of carbonyl (C=O) groups excluding carboxylic acids is 1.